The molecule has 2 aromatic carbocycles. The van der Waals surface area contributed by atoms with E-state index in [9.17, 15) is 36.7 Å². The molecule has 0 aliphatic heterocycles. The summed E-state index contributed by atoms with van der Waals surface area (Å²) in [6.07, 6.45) is 19.5. The zero-order chi connectivity index (χ0) is 63.8. The average molecular weight is 1270 g/mol. The first-order chi connectivity index (χ1) is 42.8. The number of ether oxygens (including phenoxy) is 4. The van der Waals surface area contributed by atoms with E-state index in [-0.39, 0.29) is 33.9 Å². The molecule has 0 saturated heterocycles. The van der Waals surface area contributed by atoms with Crippen molar-refractivity contribution in [1.29, 1.82) is 0 Å². The molecule has 16 rings (SSSR count). The third-order valence-electron chi connectivity index (χ3n) is 21.5. The number of rotatable bonds is 10. The Labute approximate surface area is 528 Å². The lowest BCUT2D eigenvalue weighted by Gasteiger charge is -2.38. The molecule has 0 spiro atoms. The van der Waals surface area contributed by atoms with Gasteiger partial charge in [-0.05, 0) is 145 Å². The Morgan fingerprint density at radius 3 is 1.29 bits per heavy atom. The minimum Gasteiger partial charge on any atom is -0.450 e. The summed E-state index contributed by atoms with van der Waals surface area (Å²) in [5, 5.41) is 16.1. The number of carbonyl (C=O) groups is 4. The highest BCUT2D eigenvalue weighted by Gasteiger charge is 2.68. The third-order valence-corrected chi connectivity index (χ3v) is 22.4. The van der Waals surface area contributed by atoms with Gasteiger partial charge in [-0.15, -0.1) is 0 Å². The van der Waals surface area contributed by atoms with E-state index in [0.29, 0.717) is 45.1 Å². The molecule has 90 heavy (non-hydrogen) atoms. The number of alkyl halides is 4. The molecule has 472 valence electrons. The van der Waals surface area contributed by atoms with E-state index >= 15 is 0 Å². The first-order valence-electron chi connectivity index (χ1n) is 30.7. The van der Waals surface area contributed by atoms with E-state index in [2.05, 4.69) is 90.6 Å². The van der Waals surface area contributed by atoms with E-state index < -0.39 is 58.6 Å². The number of carbonyl (C=O) groups excluding carboxylic acids is 4. The molecule has 22 heteroatoms. The van der Waals surface area contributed by atoms with Crippen LogP contribution in [-0.2, 0) is 58.3 Å². The van der Waals surface area contributed by atoms with Crippen molar-refractivity contribution in [3.05, 3.63) is 186 Å². The fourth-order valence-electron chi connectivity index (χ4n) is 17.2. The number of benzene rings is 2. The fraction of sp³-hybridized carbons (Fsp3) is 0.471. The molecule has 6 fully saturated rings. The van der Waals surface area contributed by atoms with Gasteiger partial charge in [0, 0.05) is 51.4 Å². The van der Waals surface area contributed by atoms with Crippen LogP contribution in [0.2, 0.25) is 10.3 Å². The number of esters is 4. The van der Waals surface area contributed by atoms with Crippen molar-refractivity contribution >= 4 is 47.1 Å². The molecule has 16 nitrogen and oxygen atoms in total. The topological polar surface area (TPSA) is 176 Å². The van der Waals surface area contributed by atoms with Gasteiger partial charge >= 0.3 is 23.9 Å². The highest BCUT2D eigenvalue weighted by Crippen LogP contribution is 2.70. The number of nitrogens with zero attached hydrogens (tertiary/aromatic N) is 8. The van der Waals surface area contributed by atoms with Gasteiger partial charge in [0.1, 0.15) is 66.4 Å². The third kappa shape index (κ3) is 9.39. The van der Waals surface area contributed by atoms with Crippen LogP contribution >= 0.6 is 23.2 Å². The van der Waals surface area contributed by atoms with Gasteiger partial charge in [0.25, 0.3) is 12.9 Å². The smallest absolute Gasteiger partial charge is 0.343 e. The van der Waals surface area contributed by atoms with Crippen molar-refractivity contribution in [2.45, 2.75) is 152 Å². The highest BCUT2D eigenvalue weighted by molar-refractivity contribution is 6.33. The second-order valence-electron chi connectivity index (χ2n) is 26.7. The van der Waals surface area contributed by atoms with Crippen molar-refractivity contribution in [3.8, 4) is 0 Å². The number of hydrogen-bond acceptors (Lipinski definition) is 12. The monoisotopic (exact) mass is 1270 g/mol. The van der Waals surface area contributed by atoms with Crippen LogP contribution in [0.25, 0.3) is 0 Å². The molecule has 8 unspecified atom stereocenters. The molecule has 8 atom stereocenters. The number of fused-ring (bicyclic) bond motifs is 20. The molecule has 8 bridgehead atoms. The van der Waals surface area contributed by atoms with E-state index in [4.69, 9.17) is 42.1 Å². The Morgan fingerprint density at radius 1 is 0.522 bits per heavy atom. The summed E-state index contributed by atoms with van der Waals surface area (Å²) in [6.45, 7) is 8.63. The summed E-state index contributed by atoms with van der Waals surface area (Å²) in [6, 6.07) is 16.2. The normalized spacial score (nSPS) is 27.9. The maximum Gasteiger partial charge on any atom is 0.343 e. The van der Waals surface area contributed by atoms with Crippen LogP contribution in [0.3, 0.4) is 0 Å². The lowest BCUT2D eigenvalue weighted by molar-refractivity contribution is -0.0395. The first-order valence-corrected chi connectivity index (χ1v) is 31.4. The number of allylic oxidation sites excluding steroid dienone is 4. The second-order valence-corrected chi connectivity index (χ2v) is 27.4. The number of hydrogen-bond donors (Lipinski definition) is 0. The lowest BCUT2D eigenvalue weighted by Crippen LogP contribution is -2.43. The Balaban J connectivity index is 0.000000110. The van der Waals surface area contributed by atoms with Gasteiger partial charge in [-0.25, -0.2) is 36.7 Å². The Hall–Kier alpha value is -7.58. The largest absolute Gasteiger partial charge is 0.450 e. The summed E-state index contributed by atoms with van der Waals surface area (Å²) in [7, 11) is 6.44. The van der Waals surface area contributed by atoms with Gasteiger partial charge in [-0.2, -0.15) is 20.4 Å². The summed E-state index contributed by atoms with van der Waals surface area (Å²) in [5.41, 5.74) is 6.37. The van der Waals surface area contributed by atoms with Gasteiger partial charge in [0.2, 0.25) is 0 Å². The molecule has 6 aromatic rings. The van der Waals surface area contributed by atoms with E-state index in [0.717, 1.165) is 93.7 Å². The van der Waals surface area contributed by atoms with Crippen LogP contribution in [-0.4, -0.2) is 74.2 Å². The van der Waals surface area contributed by atoms with E-state index in [1.54, 1.807) is 14.1 Å². The minimum atomic E-state index is -2.81. The summed E-state index contributed by atoms with van der Waals surface area (Å²) < 4.78 is 81.6. The maximum absolute atomic E-state index is 13.2. The van der Waals surface area contributed by atoms with Crippen molar-refractivity contribution < 1.29 is 55.7 Å². The van der Waals surface area contributed by atoms with Crippen LogP contribution in [0.4, 0.5) is 17.6 Å². The lowest BCUT2D eigenvalue weighted by atomic mass is 9.77. The van der Waals surface area contributed by atoms with Crippen LogP contribution in [0.15, 0.2) is 120 Å². The van der Waals surface area contributed by atoms with E-state index in [1.807, 2.05) is 30.3 Å². The molecule has 4 heterocycles. The maximum atomic E-state index is 13.2. The zero-order valence-electron chi connectivity index (χ0n) is 51.3. The molecule has 6 saturated carbocycles. The van der Waals surface area contributed by atoms with Gasteiger partial charge < -0.3 is 18.9 Å². The molecule has 10 aliphatic carbocycles. The molecular formula is C68H70Cl2F4N8O8. The predicted molar refractivity (Wildman–Crippen MR) is 324 cm³/mol. The minimum absolute atomic E-state index is 0.0740. The highest BCUT2D eigenvalue weighted by atomic mass is 35.5. The fourth-order valence-corrected chi connectivity index (χ4v) is 17.5. The standard InChI is InChI=1S/C18H20F2N2O2.C17H19ClN2O2.C17H16F2N2O2.C16H15ClN2O2/c1-17(2)12-7-8-18(17,13-6-4-5-10(12)13)24-16(23)11-9-22(3)21-14(11)15(19)20;1-16(2)12-7-8-17(16,13-6-4-5-10(12)13)22-15(21)11-9-19-20(3)14(11)18;1-21-9-12(14(20-21)15(18)19)16(22)23-17-7-6-10(8-17)11-4-2-3-5-13(11)17;1-19-14(17)12(9-18-19)15(20)21-16-7-6-10(8-16)11-4-2-3-5-13(11)16/h5-6,9,12,15H,4,7-8H2,1-3H3;5-6,9,12H,4,7-8H2,1-3H3;2-5,9-10,15H,6-8H2,1H3;2-5,9-10H,6-8H2,1H3. The van der Waals surface area contributed by atoms with Crippen molar-refractivity contribution in [2.75, 3.05) is 0 Å². The van der Waals surface area contributed by atoms with Gasteiger partial charge in [-0.3, -0.25) is 18.7 Å². The predicted octanol–water partition coefficient (Wildman–Crippen LogP) is 14.7. The van der Waals surface area contributed by atoms with Crippen LogP contribution < -0.4 is 0 Å². The Kier molecular flexibility index (Phi) is 15.0. The van der Waals surface area contributed by atoms with Gasteiger partial charge in [0.05, 0.1) is 12.4 Å². The second kappa shape index (κ2) is 22.1. The number of aryl methyl sites for hydroxylation is 4. The van der Waals surface area contributed by atoms with Gasteiger partial charge in [-0.1, -0.05) is 124 Å². The molecule has 10 aliphatic rings. The summed E-state index contributed by atoms with van der Waals surface area (Å²) in [5.74, 6) is -0.431. The van der Waals surface area contributed by atoms with Crippen molar-refractivity contribution in [1.82, 2.24) is 39.1 Å². The van der Waals surface area contributed by atoms with Crippen molar-refractivity contribution in [3.63, 3.8) is 0 Å². The van der Waals surface area contributed by atoms with Crippen LogP contribution in [0, 0.1) is 22.7 Å². The van der Waals surface area contributed by atoms with Gasteiger partial charge in [0.15, 0.2) is 0 Å². The number of aromatic nitrogens is 8. The molecule has 4 aromatic heterocycles. The van der Waals surface area contributed by atoms with Crippen molar-refractivity contribution in [2.24, 2.45) is 50.9 Å². The molecule has 0 radical (unpaired) electrons. The Bertz CT molecular complexity index is 4100. The summed E-state index contributed by atoms with van der Waals surface area (Å²) >= 11 is 12.2. The molecular weight excluding hydrogens is 1200 g/mol. The number of halogens is 6. The average Bonchev–Trinajstić information content (AvgIpc) is 1.55. The molecule has 0 amide bonds. The first kappa shape index (κ1) is 61.3. The van der Waals surface area contributed by atoms with E-state index in [1.165, 1.54) is 85.5 Å². The molecule has 0 N–H and O–H groups in total. The SMILES string of the molecule is Cn1cc(C(=O)OC23CCC(C2)c2ccccc23)c(C(F)F)n1.Cn1cc(C(=O)OC23CCC(C4=CCC=C42)C3(C)C)c(C(F)F)n1.Cn1ncc(C(=O)OC23CCC(C2)c2ccccc23)c1Cl.Cn1ncc(C(=O)OC23CCC(C4=CCC=C42)C3(C)C)c1Cl. The quantitative estimate of drug-likeness (QED) is 0.0722. The summed E-state index contributed by atoms with van der Waals surface area (Å²) in [4.78, 5) is 50.4. The Morgan fingerprint density at radius 2 is 0.900 bits per heavy atom. The zero-order valence-corrected chi connectivity index (χ0v) is 52.8. The van der Waals surface area contributed by atoms with Crippen LogP contribution in [0.5, 0.6) is 0 Å². The van der Waals surface area contributed by atoms with Crippen LogP contribution in [0.1, 0.15) is 205 Å².